The summed E-state index contributed by atoms with van der Waals surface area (Å²) in [7, 11) is 0. The molecule has 1 unspecified atom stereocenters. The van der Waals surface area contributed by atoms with Gasteiger partial charge in [-0.2, -0.15) is 0 Å². The zero-order valence-electron chi connectivity index (χ0n) is 16.0. The highest BCUT2D eigenvalue weighted by atomic mass is 32.2. The van der Waals surface area contributed by atoms with Crippen LogP contribution in [-0.2, 0) is 11.3 Å². The summed E-state index contributed by atoms with van der Waals surface area (Å²) in [6, 6.07) is 17.6. The number of benzene rings is 2. The number of rotatable bonds is 5. The van der Waals surface area contributed by atoms with Crippen LogP contribution in [-0.4, -0.2) is 37.6 Å². The van der Waals surface area contributed by atoms with E-state index in [1.54, 1.807) is 16.3 Å². The van der Waals surface area contributed by atoms with Gasteiger partial charge in [0.05, 0.1) is 23.6 Å². The zero-order chi connectivity index (χ0) is 19.6. The van der Waals surface area contributed by atoms with Crippen molar-refractivity contribution in [1.29, 1.82) is 0 Å². The predicted molar refractivity (Wildman–Crippen MR) is 115 cm³/mol. The van der Waals surface area contributed by atoms with Crippen LogP contribution < -0.4 is 5.56 Å². The quantitative estimate of drug-likeness (QED) is 0.473. The van der Waals surface area contributed by atoms with Crippen molar-refractivity contribution in [3.8, 4) is 0 Å². The third kappa shape index (κ3) is 3.56. The van der Waals surface area contributed by atoms with E-state index in [0.29, 0.717) is 17.7 Å². The first-order valence-corrected chi connectivity index (χ1v) is 10.9. The van der Waals surface area contributed by atoms with Crippen LogP contribution in [0.5, 0.6) is 0 Å². The summed E-state index contributed by atoms with van der Waals surface area (Å²) in [6.45, 7) is 1.30. The minimum atomic E-state index is -0.0449. The Morgan fingerprint density at radius 2 is 1.86 bits per heavy atom. The Bertz CT molecular complexity index is 1200. The van der Waals surface area contributed by atoms with Gasteiger partial charge in [-0.25, -0.2) is 0 Å². The third-order valence-electron chi connectivity index (χ3n) is 5.33. The number of para-hydroxylation sites is 1. The van der Waals surface area contributed by atoms with Gasteiger partial charge < -0.3 is 4.74 Å². The van der Waals surface area contributed by atoms with Gasteiger partial charge in [-0.05, 0) is 37.0 Å². The second-order valence-electron chi connectivity index (χ2n) is 7.31. The van der Waals surface area contributed by atoms with Gasteiger partial charge in [-0.1, -0.05) is 54.2 Å². The molecule has 0 spiro atoms. The van der Waals surface area contributed by atoms with Crippen LogP contribution in [0.1, 0.15) is 24.8 Å². The van der Waals surface area contributed by atoms with Crippen molar-refractivity contribution < 1.29 is 4.74 Å². The van der Waals surface area contributed by atoms with Crippen LogP contribution >= 0.6 is 11.8 Å². The van der Waals surface area contributed by atoms with Gasteiger partial charge in [0.25, 0.3) is 5.56 Å². The van der Waals surface area contributed by atoms with Crippen molar-refractivity contribution in [3.63, 3.8) is 0 Å². The SMILES string of the molecule is O=c1c2ccccc2n2c(SCC3CCCCO3)nnc2n1Cc1ccccc1. The van der Waals surface area contributed by atoms with Crippen molar-refractivity contribution >= 4 is 28.4 Å². The summed E-state index contributed by atoms with van der Waals surface area (Å²) in [4.78, 5) is 13.2. The molecule has 5 rings (SSSR count). The van der Waals surface area contributed by atoms with E-state index in [0.717, 1.165) is 41.4 Å². The number of aromatic nitrogens is 4. The molecule has 1 aliphatic heterocycles. The lowest BCUT2D eigenvalue weighted by Gasteiger charge is -2.21. The fourth-order valence-electron chi connectivity index (χ4n) is 3.84. The van der Waals surface area contributed by atoms with Gasteiger partial charge in [0, 0.05) is 12.4 Å². The molecule has 1 saturated heterocycles. The van der Waals surface area contributed by atoms with E-state index in [9.17, 15) is 4.79 Å². The van der Waals surface area contributed by atoms with Crippen LogP contribution in [0, 0.1) is 0 Å². The standard InChI is InChI=1S/C22H22N4O2S/c27-20-18-11-4-5-12-19(18)26-21(25(20)14-16-8-2-1-3-9-16)23-24-22(26)29-15-17-10-6-7-13-28-17/h1-5,8-9,11-12,17H,6-7,10,13-15H2. The van der Waals surface area contributed by atoms with Crippen molar-refractivity contribution in [3.05, 3.63) is 70.5 Å². The number of thioether (sulfide) groups is 1. The Balaban J connectivity index is 1.60. The van der Waals surface area contributed by atoms with E-state index in [1.165, 1.54) is 6.42 Å². The van der Waals surface area contributed by atoms with Crippen LogP contribution in [0.15, 0.2) is 64.5 Å². The van der Waals surface area contributed by atoms with E-state index in [1.807, 2.05) is 59.0 Å². The Hall–Kier alpha value is -2.64. The summed E-state index contributed by atoms with van der Waals surface area (Å²) in [5.74, 6) is 1.41. The molecular formula is C22H22N4O2S. The Morgan fingerprint density at radius 3 is 2.69 bits per heavy atom. The molecule has 148 valence electrons. The molecule has 0 amide bonds. The Labute approximate surface area is 172 Å². The van der Waals surface area contributed by atoms with Crippen LogP contribution in [0.4, 0.5) is 0 Å². The summed E-state index contributed by atoms with van der Waals surface area (Å²) in [6.07, 6.45) is 3.70. The van der Waals surface area contributed by atoms with Crippen LogP contribution in [0.3, 0.4) is 0 Å². The third-order valence-corrected chi connectivity index (χ3v) is 6.39. The summed E-state index contributed by atoms with van der Waals surface area (Å²) < 4.78 is 9.59. The average Bonchev–Trinajstić information content (AvgIpc) is 3.21. The molecule has 0 aliphatic carbocycles. The zero-order valence-corrected chi connectivity index (χ0v) is 16.8. The number of hydrogen-bond donors (Lipinski definition) is 0. The molecule has 2 aromatic carbocycles. The van der Waals surface area contributed by atoms with Crippen molar-refractivity contribution in [2.24, 2.45) is 0 Å². The topological polar surface area (TPSA) is 61.4 Å². The highest BCUT2D eigenvalue weighted by Crippen LogP contribution is 2.25. The molecule has 0 radical (unpaired) electrons. The Morgan fingerprint density at radius 1 is 1.03 bits per heavy atom. The maximum Gasteiger partial charge on any atom is 0.263 e. The van der Waals surface area contributed by atoms with Gasteiger partial charge in [-0.3, -0.25) is 13.8 Å². The number of fused-ring (bicyclic) bond motifs is 3. The second kappa shape index (κ2) is 8.00. The van der Waals surface area contributed by atoms with Gasteiger partial charge in [-0.15, -0.1) is 10.2 Å². The highest BCUT2D eigenvalue weighted by Gasteiger charge is 2.19. The number of ether oxygens (including phenoxy) is 1. The molecule has 4 aromatic rings. The maximum absolute atomic E-state index is 13.2. The largest absolute Gasteiger partial charge is 0.377 e. The molecule has 1 aliphatic rings. The fraction of sp³-hybridized carbons (Fsp3) is 0.318. The molecule has 1 atom stereocenters. The van der Waals surface area contributed by atoms with Crippen molar-refractivity contribution in [2.75, 3.05) is 12.4 Å². The molecule has 29 heavy (non-hydrogen) atoms. The molecule has 3 heterocycles. The first-order chi connectivity index (χ1) is 14.3. The fourth-order valence-corrected chi connectivity index (χ4v) is 4.85. The molecule has 0 N–H and O–H groups in total. The van der Waals surface area contributed by atoms with Crippen LogP contribution in [0.2, 0.25) is 0 Å². The summed E-state index contributed by atoms with van der Waals surface area (Å²) >= 11 is 1.65. The number of hydrogen-bond acceptors (Lipinski definition) is 5. The molecular weight excluding hydrogens is 384 g/mol. The smallest absolute Gasteiger partial charge is 0.263 e. The second-order valence-corrected chi connectivity index (χ2v) is 8.30. The van der Waals surface area contributed by atoms with Gasteiger partial charge in [0.1, 0.15) is 0 Å². The van der Waals surface area contributed by atoms with E-state index in [-0.39, 0.29) is 11.7 Å². The van der Waals surface area contributed by atoms with Crippen molar-refractivity contribution in [1.82, 2.24) is 19.2 Å². The minimum Gasteiger partial charge on any atom is -0.377 e. The monoisotopic (exact) mass is 406 g/mol. The van der Waals surface area contributed by atoms with Crippen molar-refractivity contribution in [2.45, 2.75) is 37.1 Å². The first kappa shape index (κ1) is 18.4. The molecule has 0 bridgehead atoms. The van der Waals surface area contributed by atoms with Crippen LogP contribution in [0.25, 0.3) is 16.7 Å². The normalized spacial score (nSPS) is 17.2. The lowest BCUT2D eigenvalue weighted by Crippen LogP contribution is -2.24. The Kier molecular flexibility index (Phi) is 5.08. The van der Waals surface area contributed by atoms with E-state index < -0.39 is 0 Å². The predicted octanol–water partition coefficient (Wildman–Crippen LogP) is 3.75. The average molecular weight is 407 g/mol. The minimum absolute atomic E-state index is 0.0449. The van der Waals surface area contributed by atoms with Gasteiger partial charge >= 0.3 is 0 Å². The molecule has 2 aromatic heterocycles. The summed E-state index contributed by atoms with van der Waals surface area (Å²) in [5.41, 5.74) is 1.85. The lowest BCUT2D eigenvalue weighted by atomic mass is 10.1. The molecule has 1 fully saturated rings. The molecule has 0 saturated carbocycles. The molecule has 6 nitrogen and oxygen atoms in total. The van der Waals surface area contributed by atoms with Gasteiger partial charge in [0.2, 0.25) is 5.78 Å². The van der Waals surface area contributed by atoms with E-state index in [2.05, 4.69) is 10.2 Å². The van der Waals surface area contributed by atoms with Gasteiger partial charge in [0.15, 0.2) is 5.16 Å². The molecule has 7 heteroatoms. The van der Waals surface area contributed by atoms with E-state index >= 15 is 0 Å². The maximum atomic E-state index is 13.2. The lowest BCUT2D eigenvalue weighted by molar-refractivity contribution is 0.0315. The first-order valence-electron chi connectivity index (χ1n) is 9.96. The number of nitrogens with zero attached hydrogens (tertiary/aromatic N) is 4. The van der Waals surface area contributed by atoms with E-state index in [4.69, 9.17) is 4.74 Å². The highest BCUT2D eigenvalue weighted by molar-refractivity contribution is 7.99. The summed E-state index contributed by atoms with van der Waals surface area (Å²) in [5, 5.41) is 10.3.